The van der Waals surface area contributed by atoms with Crippen molar-refractivity contribution in [2.24, 2.45) is 5.73 Å². The van der Waals surface area contributed by atoms with E-state index in [1.54, 1.807) is 5.01 Å². The molecule has 0 atom stereocenters. The number of benzene rings is 1. The first-order valence-electron chi connectivity index (χ1n) is 5.92. The van der Waals surface area contributed by atoms with Gasteiger partial charge >= 0.3 is 12.0 Å². The zero-order valence-electron chi connectivity index (χ0n) is 11.1. The van der Waals surface area contributed by atoms with Gasteiger partial charge in [0, 0.05) is 13.1 Å². The summed E-state index contributed by atoms with van der Waals surface area (Å²) < 4.78 is 4.46. The largest absolute Gasteiger partial charge is 0.508 e. The van der Waals surface area contributed by atoms with Crippen LogP contribution in [0, 0.1) is 0 Å². The van der Waals surface area contributed by atoms with Crippen molar-refractivity contribution in [1.29, 1.82) is 0 Å². The van der Waals surface area contributed by atoms with E-state index < -0.39 is 12.0 Å². The molecule has 1 aliphatic rings. The molecule has 0 bridgehead atoms. The zero-order valence-corrected chi connectivity index (χ0v) is 11.1. The summed E-state index contributed by atoms with van der Waals surface area (Å²) in [6, 6.07) is 5.37. The lowest BCUT2D eigenvalue weighted by Crippen LogP contribution is -2.44. The maximum Gasteiger partial charge on any atom is 0.337 e. The molecule has 1 aromatic rings. The van der Waals surface area contributed by atoms with E-state index in [0.29, 0.717) is 12.2 Å². The van der Waals surface area contributed by atoms with Crippen LogP contribution in [0.1, 0.15) is 10.4 Å². The van der Waals surface area contributed by atoms with Gasteiger partial charge in [-0.3, -0.25) is 5.43 Å². The van der Waals surface area contributed by atoms with Gasteiger partial charge in [0.2, 0.25) is 0 Å². The fourth-order valence-corrected chi connectivity index (χ4v) is 1.47. The van der Waals surface area contributed by atoms with Crippen LogP contribution < -0.4 is 16.5 Å². The summed E-state index contributed by atoms with van der Waals surface area (Å²) in [5, 5.41) is 13.6. The number of hydrazine groups is 1. The molecule has 8 nitrogen and oxygen atoms in total. The molecule has 1 saturated heterocycles. The Balaban J connectivity index is 0.000000204. The maximum atomic E-state index is 10.8. The summed E-state index contributed by atoms with van der Waals surface area (Å²) in [5.41, 5.74) is 7.74. The van der Waals surface area contributed by atoms with Crippen LogP contribution in [0.3, 0.4) is 0 Å². The standard InChI is InChI=1S/C8H8O3.C4H10N4O/c1-11-8(10)6-2-4-7(9)5-3-6;5-4(9)7-8-2-1-6-3-8/h2-5,9H,1H3;6H,1-3H2,(H3,5,7,9). The minimum absolute atomic E-state index is 0.137. The Hall–Kier alpha value is -2.32. The van der Waals surface area contributed by atoms with Gasteiger partial charge in [-0.2, -0.15) is 0 Å². The highest BCUT2D eigenvalue weighted by Crippen LogP contribution is 2.09. The zero-order chi connectivity index (χ0) is 15.0. The van der Waals surface area contributed by atoms with E-state index in [1.165, 1.54) is 31.4 Å². The molecule has 0 spiro atoms. The van der Waals surface area contributed by atoms with E-state index in [9.17, 15) is 9.59 Å². The monoisotopic (exact) mass is 282 g/mol. The van der Waals surface area contributed by atoms with Crippen molar-refractivity contribution >= 4 is 12.0 Å². The van der Waals surface area contributed by atoms with Crippen LogP contribution >= 0.6 is 0 Å². The molecule has 1 fully saturated rings. The van der Waals surface area contributed by atoms with Crippen LogP contribution in [-0.4, -0.2) is 49.0 Å². The third-order valence-electron chi connectivity index (χ3n) is 2.42. The first-order valence-corrected chi connectivity index (χ1v) is 5.92. The highest BCUT2D eigenvalue weighted by molar-refractivity contribution is 5.89. The number of urea groups is 1. The van der Waals surface area contributed by atoms with Gasteiger partial charge in [0.05, 0.1) is 19.3 Å². The topological polar surface area (TPSA) is 117 Å². The molecule has 0 saturated carbocycles. The molecule has 1 aromatic carbocycles. The van der Waals surface area contributed by atoms with Crippen LogP contribution in [0.25, 0.3) is 0 Å². The summed E-state index contributed by atoms with van der Waals surface area (Å²) in [4.78, 5) is 21.0. The summed E-state index contributed by atoms with van der Waals surface area (Å²) in [7, 11) is 1.31. The quantitative estimate of drug-likeness (QED) is 0.549. The molecular formula is C12H18N4O4. The number of hydrogen-bond acceptors (Lipinski definition) is 6. The first kappa shape index (κ1) is 15.7. The number of aromatic hydroxyl groups is 1. The summed E-state index contributed by atoms with van der Waals surface area (Å²) in [6.07, 6.45) is 0. The molecule has 110 valence electrons. The number of hydrogen-bond donors (Lipinski definition) is 4. The lowest BCUT2D eigenvalue weighted by Gasteiger charge is -2.12. The molecule has 5 N–H and O–H groups in total. The van der Waals surface area contributed by atoms with E-state index in [1.807, 2.05) is 0 Å². The molecule has 0 radical (unpaired) electrons. The number of nitrogens with zero attached hydrogens (tertiary/aromatic N) is 1. The Bertz CT molecular complexity index is 443. The fourth-order valence-electron chi connectivity index (χ4n) is 1.47. The SMILES string of the molecule is COC(=O)c1ccc(O)cc1.NC(=O)NN1CCNC1. The third-order valence-corrected chi connectivity index (χ3v) is 2.42. The van der Waals surface area contributed by atoms with Gasteiger partial charge in [-0.05, 0) is 24.3 Å². The van der Waals surface area contributed by atoms with Gasteiger partial charge in [0.1, 0.15) is 5.75 Å². The van der Waals surface area contributed by atoms with Gasteiger partial charge in [-0.1, -0.05) is 0 Å². The number of amides is 2. The van der Waals surface area contributed by atoms with Gasteiger partial charge < -0.3 is 20.9 Å². The number of esters is 1. The van der Waals surface area contributed by atoms with Gasteiger partial charge in [0.15, 0.2) is 0 Å². The predicted octanol–water partition coefficient (Wildman–Crippen LogP) is -0.389. The Morgan fingerprint density at radius 2 is 2.05 bits per heavy atom. The Morgan fingerprint density at radius 1 is 1.40 bits per heavy atom. The number of ether oxygens (including phenoxy) is 1. The summed E-state index contributed by atoms with van der Waals surface area (Å²) in [5.74, 6) is -0.261. The number of carbonyl (C=O) groups excluding carboxylic acids is 2. The molecule has 20 heavy (non-hydrogen) atoms. The smallest absolute Gasteiger partial charge is 0.337 e. The minimum atomic E-state index is -0.501. The average molecular weight is 282 g/mol. The van der Waals surface area contributed by atoms with Crippen molar-refractivity contribution in [2.75, 3.05) is 26.9 Å². The second-order valence-electron chi connectivity index (χ2n) is 3.94. The molecule has 0 aliphatic carbocycles. The Morgan fingerprint density at radius 3 is 2.50 bits per heavy atom. The predicted molar refractivity (Wildman–Crippen MR) is 71.7 cm³/mol. The van der Waals surface area contributed by atoms with Crippen molar-refractivity contribution in [1.82, 2.24) is 15.8 Å². The number of primary amides is 1. The van der Waals surface area contributed by atoms with E-state index in [-0.39, 0.29) is 5.75 Å². The van der Waals surface area contributed by atoms with Crippen molar-refractivity contribution < 1.29 is 19.4 Å². The molecule has 0 aromatic heterocycles. The summed E-state index contributed by atoms with van der Waals surface area (Å²) in [6.45, 7) is 2.41. The number of carbonyl (C=O) groups is 2. The van der Waals surface area contributed by atoms with Crippen molar-refractivity contribution in [2.45, 2.75) is 0 Å². The fraction of sp³-hybridized carbons (Fsp3) is 0.333. The number of nitrogens with one attached hydrogen (secondary N) is 2. The second-order valence-corrected chi connectivity index (χ2v) is 3.94. The number of methoxy groups -OCH3 is 1. The number of phenolic OH excluding ortho intramolecular Hbond substituents is 1. The van der Waals surface area contributed by atoms with Crippen molar-refractivity contribution in [3.05, 3.63) is 29.8 Å². The van der Waals surface area contributed by atoms with E-state index in [4.69, 9.17) is 10.8 Å². The third kappa shape index (κ3) is 5.55. The number of nitrogens with two attached hydrogens (primary N) is 1. The Kier molecular flexibility index (Phi) is 6.27. The van der Waals surface area contributed by atoms with Gasteiger partial charge in [-0.25, -0.2) is 14.6 Å². The number of rotatable bonds is 2. The van der Waals surface area contributed by atoms with Crippen LogP contribution in [0.4, 0.5) is 4.79 Å². The lowest BCUT2D eigenvalue weighted by atomic mass is 10.2. The Labute approximate surface area is 116 Å². The normalized spacial score (nSPS) is 14.1. The van der Waals surface area contributed by atoms with Crippen LogP contribution in [-0.2, 0) is 4.74 Å². The van der Waals surface area contributed by atoms with Crippen molar-refractivity contribution in [3.63, 3.8) is 0 Å². The van der Waals surface area contributed by atoms with E-state index in [0.717, 1.165) is 13.1 Å². The van der Waals surface area contributed by atoms with Gasteiger partial charge in [0.25, 0.3) is 0 Å². The van der Waals surface area contributed by atoms with Crippen LogP contribution in [0.2, 0.25) is 0 Å². The minimum Gasteiger partial charge on any atom is -0.508 e. The molecule has 2 amide bonds. The van der Waals surface area contributed by atoms with Crippen molar-refractivity contribution in [3.8, 4) is 5.75 Å². The second kappa shape index (κ2) is 7.97. The van der Waals surface area contributed by atoms with Crippen LogP contribution in [0.5, 0.6) is 5.75 Å². The average Bonchev–Trinajstić information content (AvgIpc) is 2.91. The molecule has 0 unspecified atom stereocenters. The van der Waals surface area contributed by atoms with Crippen LogP contribution in [0.15, 0.2) is 24.3 Å². The summed E-state index contributed by atoms with van der Waals surface area (Å²) >= 11 is 0. The van der Waals surface area contributed by atoms with E-state index in [2.05, 4.69) is 15.5 Å². The highest BCUT2D eigenvalue weighted by Gasteiger charge is 2.10. The maximum absolute atomic E-state index is 10.8. The lowest BCUT2D eigenvalue weighted by molar-refractivity contribution is 0.0600. The molecular weight excluding hydrogens is 264 g/mol. The van der Waals surface area contributed by atoms with E-state index >= 15 is 0 Å². The molecule has 2 rings (SSSR count). The molecule has 8 heteroatoms. The number of phenols is 1. The molecule has 1 heterocycles. The highest BCUT2D eigenvalue weighted by atomic mass is 16.5. The first-order chi connectivity index (χ1) is 9.52. The van der Waals surface area contributed by atoms with Gasteiger partial charge in [-0.15, -0.1) is 0 Å². The molecule has 1 aliphatic heterocycles.